The quantitative estimate of drug-likeness (QED) is 0.821. The first-order chi connectivity index (χ1) is 8.08. The van der Waals surface area contributed by atoms with Gasteiger partial charge in [-0.1, -0.05) is 11.6 Å². The van der Waals surface area contributed by atoms with Gasteiger partial charge in [-0.3, -0.25) is 0 Å². The number of rotatable bonds is 3. The lowest BCUT2D eigenvalue weighted by atomic mass is 10.2. The molecule has 0 spiro atoms. The average Bonchev–Trinajstić information content (AvgIpc) is 2.68. The lowest BCUT2D eigenvalue weighted by Crippen LogP contribution is -2.07. The topological polar surface area (TPSA) is 68.8 Å². The second kappa shape index (κ2) is 4.58. The summed E-state index contributed by atoms with van der Waals surface area (Å²) >= 11 is 5.60. The number of nitrogens with two attached hydrogens (primary N) is 1. The monoisotopic (exact) mass is 255 g/mol. The fraction of sp³-hybridized carbons (Fsp3) is 0.200. The number of anilines is 2. The van der Waals surface area contributed by atoms with Gasteiger partial charge in [0.05, 0.1) is 22.9 Å². The van der Waals surface area contributed by atoms with Crippen LogP contribution in [0, 0.1) is 5.82 Å². The Morgan fingerprint density at radius 1 is 1.53 bits per heavy atom. The molecule has 3 N–H and O–H groups in total. The van der Waals surface area contributed by atoms with E-state index in [0.717, 1.165) is 5.82 Å². The van der Waals surface area contributed by atoms with Crippen molar-refractivity contribution in [2.45, 2.75) is 6.54 Å². The number of nitrogens with one attached hydrogen (secondary N) is 1. The van der Waals surface area contributed by atoms with Crippen LogP contribution < -0.4 is 11.1 Å². The predicted octanol–water partition coefficient (Wildman–Crippen LogP) is 1.80. The highest BCUT2D eigenvalue weighted by molar-refractivity contribution is 6.31. The zero-order valence-corrected chi connectivity index (χ0v) is 9.87. The van der Waals surface area contributed by atoms with E-state index in [-0.39, 0.29) is 5.02 Å². The van der Waals surface area contributed by atoms with Crippen molar-refractivity contribution in [3.8, 4) is 0 Å². The number of nitrogens with zero attached hydrogens (tertiary/aromatic N) is 3. The van der Waals surface area contributed by atoms with Crippen LogP contribution in [0.15, 0.2) is 18.5 Å². The minimum atomic E-state index is -0.513. The number of halogens is 2. The second-order valence-electron chi connectivity index (χ2n) is 3.57. The van der Waals surface area contributed by atoms with Gasteiger partial charge in [-0.15, -0.1) is 10.2 Å². The van der Waals surface area contributed by atoms with Crippen molar-refractivity contribution in [3.05, 3.63) is 35.1 Å². The molecule has 2 aromatic rings. The van der Waals surface area contributed by atoms with Crippen LogP contribution >= 0.6 is 11.6 Å². The van der Waals surface area contributed by atoms with Crippen molar-refractivity contribution in [1.82, 2.24) is 14.8 Å². The van der Waals surface area contributed by atoms with Crippen LogP contribution in [-0.4, -0.2) is 14.8 Å². The molecule has 0 aliphatic heterocycles. The largest absolute Gasteiger partial charge is 0.397 e. The number of benzene rings is 1. The summed E-state index contributed by atoms with van der Waals surface area (Å²) in [6.07, 6.45) is 1.59. The van der Waals surface area contributed by atoms with Gasteiger partial charge < -0.3 is 15.6 Å². The first-order valence-electron chi connectivity index (χ1n) is 4.89. The van der Waals surface area contributed by atoms with E-state index < -0.39 is 5.82 Å². The molecule has 5 nitrogen and oxygen atoms in total. The third-order valence-electron chi connectivity index (χ3n) is 2.33. The average molecular weight is 256 g/mol. The minimum absolute atomic E-state index is 0.00621. The summed E-state index contributed by atoms with van der Waals surface area (Å²) in [4.78, 5) is 0. The summed E-state index contributed by atoms with van der Waals surface area (Å²) in [5.41, 5.74) is 6.58. The van der Waals surface area contributed by atoms with Crippen LogP contribution in [0.25, 0.3) is 0 Å². The fourth-order valence-electron chi connectivity index (χ4n) is 1.36. The van der Waals surface area contributed by atoms with Gasteiger partial charge >= 0.3 is 0 Å². The Morgan fingerprint density at radius 3 is 2.94 bits per heavy atom. The van der Waals surface area contributed by atoms with E-state index in [1.54, 1.807) is 10.9 Å². The van der Waals surface area contributed by atoms with E-state index in [2.05, 4.69) is 15.5 Å². The zero-order chi connectivity index (χ0) is 12.4. The van der Waals surface area contributed by atoms with Gasteiger partial charge in [0.25, 0.3) is 0 Å². The van der Waals surface area contributed by atoms with Crippen LogP contribution in [0.4, 0.5) is 15.8 Å². The SMILES string of the molecule is Cn1cnnc1CNc1cc(F)c(Cl)cc1N. The van der Waals surface area contributed by atoms with Gasteiger partial charge in [0, 0.05) is 13.1 Å². The van der Waals surface area contributed by atoms with Crippen LogP contribution in [0.1, 0.15) is 5.82 Å². The van der Waals surface area contributed by atoms with Crippen molar-refractivity contribution in [3.63, 3.8) is 0 Å². The molecule has 0 aliphatic carbocycles. The van der Waals surface area contributed by atoms with E-state index in [1.807, 2.05) is 7.05 Å². The Hall–Kier alpha value is -1.82. The highest BCUT2D eigenvalue weighted by atomic mass is 35.5. The predicted molar refractivity (Wildman–Crippen MR) is 64.2 cm³/mol. The summed E-state index contributed by atoms with van der Waals surface area (Å²) < 4.78 is 15.0. The first-order valence-corrected chi connectivity index (χ1v) is 5.27. The number of hydrogen-bond acceptors (Lipinski definition) is 4. The second-order valence-corrected chi connectivity index (χ2v) is 3.97. The molecule has 17 heavy (non-hydrogen) atoms. The first kappa shape index (κ1) is 11.7. The molecule has 0 saturated heterocycles. The molecular weight excluding hydrogens is 245 g/mol. The molecule has 0 amide bonds. The summed E-state index contributed by atoms with van der Waals surface area (Å²) in [6.45, 7) is 0.405. The van der Waals surface area contributed by atoms with Crippen molar-refractivity contribution < 1.29 is 4.39 Å². The normalized spacial score (nSPS) is 10.5. The van der Waals surface area contributed by atoms with E-state index >= 15 is 0 Å². The molecule has 2 rings (SSSR count). The number of hydrogen-bond donors (Lipinski definition) is 2. The van der Waals surface area contributed by atoms with Crippen LogP contribution in [0.5, 0.6) is 0 Å². The molecule has 0 saturated carbocycles. The zero-order valence-electron chi connectivity index (χ0n) is 9.11. The molecule has 0 fully saturated rings. The molecular formula is C10H11ClFN5. The molecule has 0 bridgehead atoms. The number of aryl methyl sites for hydroxylation is 1. The summed E-state index contributed by atoms with van der Waals surface area (Å²) in [6, 6.07) is 2.63. The van der Waals surface area contributed by atoms with Crippen molar-refractivity contribution >= 4 is 23.0 Å². The van der Waals surface area contributed by atoms with E-state index in [0.29, 0.717) is 17.9 Å². The molecule has 0 aliphatic rings. The third kappa shape index (κ3) is 2.47. The number of nitrogen functional groups attached to an aromatic ring is 1. The van der Waals surface area contributed by atoms with Crippen LogP contribution in [0.2, 0.25) is 5.02 Å². The molecule has 1 aromatic carbocycles. The summed E-state index contributed by atoms with van der Waals surface area (Å²) in [7, 11) is 1.82. The Balaban J connectivity index is 2.14. The van der Waals surface area contributed by atoms with Crippen LogP contribution in [-0.2, 0) is 13.6 Å². The third-order valence-corrected chi connectivity index (χ3v) is 2.62. The van der Waals surface area contributed by atoms with Gasteiger partial charge in [-0.25, -0.2) is 4.39 Å². The highest BCUT2D eigenvalue weighted by Crippen LogP contribution is 2.26. The molecule has 1 aromatic heterocycles. The highest BCUT2D eigenvalue weighted by Gasteiger charge is 2.07. The Morgan fingerprint density at radius 2 is 2.29 bits per heavy atom. The Bertz CT molecular complexity index is 539. The van der Waals surface area contributed by atoms with Crippen molar-refractivity contribution in [1.29, 1.82) is 0 Å². The Labute approximate surface area is 102 Å². The molecule has 0 atom stereocenters. The number of aromatic nitrogens is 3. The van der Waals surface area contributed by atoms with Crippen molar-refractivity contribution in [2.75, 3.05) is 11.1 Å². The molecule has 90 valence electrons. The Kier molecular flexibility index (Phi) is 3.14. The maximum atomic E-state index is 13.2. The van der Waals surface area contributed by atoms with E-state index in [4.69, 9.17) is 17.3 Å². The van der Waals surface area contributed by atoms with Gasteiger partial charge in [0.15, 0.2) is 5.82 Å². The van der Waals surface area contributed by atoms with E-state index in [9.17, 15) is 4.39 Å². The van der Waals surface area contributed by atoms with Gasteiger partial charge in [0.1, 0.15) is 12.1 Å². The van der Waals surface area contributed by atoms with Crippen molar-refractivity contribution in [2.24, 2.45) is 7.05 Å². The van der Waals surface area contributed by atoms with Gasteiger partial charge in [-0.2, -0.15) is 0 Å². The maximum Gasteiger partial charge on any atom is 0.151 e. The molecule has 1 heterocycles. The molecule has 0 unspecified atom stereocenters. The summed E-state index contributed by atoms with van der Waals surface area (Å²) in [5, 5.41) is 10.6. The van der Waals surface area contributed by atoms with E-state index in [1.165, 1.54) is 12.1 Å². The minimum Gasteiger partial charge on any atom is -0.397 e. The standard InChI is InChI=1S/C10H11ClFN5/c1-17-5-15-16-10(17)4-14-9-3-7(12)6(11)2-8(9)13/h2-3,5,14H,4,13H2,1H3. The lowest BCUT2D eigenvalue weighted by Gasteiger charge is -2.09. The van der Waals surface area contributed by atoms with Gasteiger partial charge in [0.2, 0.25) is 0 Å². The lowest BCUT2D eigenvalue weighted by molar-refractivity contribution is 0.628. The summed E-state index contributed by atoms with van der Waals surface area (Å²) in [5.74, 6) is 0.209. The fourth-order valence-corrected chi connectivity index (χ4v) is 1.53. The maximum absolute atomic E-state index is 13.2. The smallest absolute Gasteiger partial charge is 0.151 e. The molecule has 0 radical (unpaired) electrons. The van der Waals surface area contributed by atoms with Gasteiger partial charge in [-0.05, 0) is 6.07 Å². The molecule has 7 heteroatoms. The van der Waals surface area contributed by atoms with Crippen LogP contribution in [0.3, 0.4) is 0 Å².